The summed E-state index contributed by atoms with van der Waals surface area (Å²) in [6.07, 6.45) is 3.02. The van der Waals surface area contributed by atoms with Crippen LogP contribution in [0.3, 0.4) is 0 Å². The minimum Gasteiger partial charge on any atom is -0.341 e. The number of aromatic nitrogens is 2. The Labute approximate surface area is 102 Å². The standard InChI is InChI=1S/C14H19N3/c1-3-11(2)15-10-14-16-9-13(17-14)12-7-5-4-6-8-12/h4-9,11,15H,3,10H2,1-2H3,(H,16,17). The summed E-state index contributed by atoms with van der Waals surface area (Å²) in [6, 6.07) is 10.8. The summed E-state index contributed by atoms with van der Waals surface area (Å²) in [7, 11) is 0. The SMILES string of the molecule is CCC(C)NCc1ncc(-c2ccccc2)[nH]1. The number of nitrogens with zero attached hydrogens (tertiary/aromatic N) is 1. The first-order valence-corrected chi connectivity index (χ1v) is 6.12. The zero-order chi connectivity index (χ0) is 12.1. The van der Waals surface area contributed by atoms with Gasteiger partial charge in [-0.05, 0) is 18.9 Å². The van der Waals surface area contributed by atoms with Crippen molar-refractivity contribution >= 4 is 0 Å². The van der Waals surface area contributed by atoms with Gasteiger partial charge in [-0.1, -0.05) is 37.3 Å². The number of hydrogen-bond donors (Lipinski definition) is 2. The zero-order valence-corrected chi connectivity index (χ0v) is 10.4. The molecule has 0 saturated heterocycles. The van der Waals surface area contributed by atoms with Crippen LogP contribution >= 0.6 is 0 Å². The number of nitrogens with one attached hydrogen (secondary N) is 2. The van der Waals surface area contributed by atoms with Crippen molar-refractivity contribution in [1.82, 2.24) is 15.3 Å². The highest BCUT2D eigenvalue weighted by Crippen LogP contribution is 2.15. The largest absolute Gasteiger partial charge is 0.341 e. The van der Waals surface area contributed by atoms with Gasteiger partial charge in [-0.2, -0.15) is 0 Å². The Morgan fingerprint density at radius 1 is 1.29 bits per heavy atom. The Morgan fingerprint density at radius 3 is 2.76 bits per heavy atom. The van der Waals surface area contributed by atoms with Gasteiger partial charge in [-0.15, -0.1) is 0 Å². The van der Waals surface area contributed by atoms with Crippen molar-refractivity contribution in [3.05, 3.63) is 42.4 Å². The van der Waals surface area contributed by atoms with Crippen molar-refractivity contribution in [2.75, 3.05) is 0 Å². The van der Waals surface area contributed by atoms with Crippen molar-refractivity contribution in [2.45, 2.75) is 32.9 Å². The first-order valence-electron chi connectivity index (χ1n) is 6.12. The molecule has 2 N–H and O–H groups in total. The second-order valence-corrected chi connectivity index (χ2v) is 4.30. The molecule has 0 amide bonds. The van der Waals surface area contributed by atoms with Gasteiger partial charge >= 0.3 is 0 Å². The summed E-state index contributed by atoms with van der Waals surface area (Å²) in [5.41, 5.74) is 2.25. The quantitative estimate of drug-likeness (QED) is 0.827. The number of benzene rings is 1. The third-order valence-corrected chi connectivity index (χ3v) is 2.94. The van der Waals surface area contributed by atoms with Crippen LogP contribution in [0.25, 0.3) is 11.3 Å². The molecule has 0 fully saturated rings. The van der Waals surface area contributed by atoms with Gasteiger partial charge in [-0.25, -0.2) is 4.98 Å². The smallest absolute Gasteiger partial charge is 0.120 e. The Balaban J connectivity index is 2.01. The monoisotopic (exact) mass is 229 g/mol. The molecule has 0 bridgehead atoms. The van der Waals surface area contributed by atoms with Crippen molar-refractivity contribution in [1.29, 1.82) is 0 Å². The first-order chi connectivity index (χ1) is 8.29. The van der Waals surface area contributed by atoms with Crippen molar-refractivity contribution < 1.29 is 0 Å². The zero-order valence-electron chi connectivity index (χ0n) is 10.4. The summed E-state index contributed by atoms with van der Waals surface area (Å²) in [4.78, 5) is 7.72. The van der Waals surface area contributed by atoms with E-state index >= 15 is 0 Å². The van der Waals surface area contributed by atoms with E-state index in [1.54, 1.807) is 0 Å². The van der Waals surface area contributed by atoms with Gasteiger partial charge in [0.05, 0.1) is 18.4 Å². The van der Waals surface area contributed by atoms with Gasteiger partial charge < -0.3 is 10.3 Å². The van der Waals surface area contributed by atoms with E-state index in [2.05, 4.69) is 41.3 Å². The van der Waals surface area contributed by atoms with E-state index in [-0.39, 0.29) is 0 Å². The molecule has 0 radical (unpaired) electrons. The molecule has 0 saturated carbocycles. The molecular weight excluding hydrogens is 210 g/mol. The van der Waals surface area contributed by atoms with Crippen LogP contribution in [0.4, 0.5) is 0 Å². The second kappa shape index (κ2) is 5.64. The molecule has 3 nitrogen and oxygen atoms in total. The van der Waals surface area contributed by atoms with Gasteiger partial charge in [0.25, 0.3) is 0 Å². The fourth-order valence-electron chi connectivity index (χ4n) is 1.63. The van der Waals surface area contributed by atoms with Gasteiger partial charge in [0.1, 0.15) is 5.82 Å². The maximum atomic E-state index is 4.38. The first kappa shape index (κ1) is 11.9. The summed E-state index contributed by atoms with van der Waals surface area (Å²) in [6.45, 7) is 5.15. The third kappa shape index (κ3) is 3.17. The number of aromatic amines is 1. The average molecular weight is 229 g/mol. The molecule has 2 aromatic rings. The van der Waals surface area contributed by atoms with Gasteiger partial charge in [0, 0.05) is 6.04 Å². The van der Waals surface area contributed by atoms with Gasteiger partial charge in [0.2, 0.25) is 0 Å². The molecule has 0 aliphatic rings. The van der Waals surface area contributed by atoms with Crippen LogP contribution in [-0.2, 0) is 6.54 Å². The van der Waals surface area contributed by atoms with Crippen molar-refractivity contribution in [3.63, 3.8) is 0 Å². The highest BCUT2D eigenvalue weighted by Gasteiger charge is 2.03. The minimum absolute atomic E-state index is 0.528. The Morgan fingerprint density at radius 2 is 2.06 bits per heavy atom. The van der Waals surface area contributed by atoms with E-state index in [0.29, 0.717) is 6.04 Å². The molecule has 0 aliphatic heterocycles. The topological polar surface area (TPSA) is 40.7 Å². The van der Waals surface area contributed by atoms with E-state index in [4.69, 9.17) is 0 Å². The van der Waals surface area contributed by atoms with Crippen LogP contribution in [0.5, 0.6) is 0 Å². The van der Waals surface area contributed by atoms with Crippen LogP contribution in [0.1, 0.15) is 26.1 Å². The molecule has 1 heterocycles. The molecule has 0 spiro atoms. The predicted molar refractivity (Wildman–Crippen MR) is 70.6 cm³/mol. The molecule has 1 aromatic carbocycles. The molecule has 0 aliphatic carbocycles. The molecule has 2 rings (SSSR count). The Hall–Kier alpha value is -1.61. The molecule has 17 heavy (non-hydrogen) atoms. The highest BCUT2D eigenvalue weighted by atomic mass is 15.0. The lowest BCUT2D eigenvalue weighted by atomic mass is 10.2. The maximum absolute atomic E-state index is 4.38. The van der Waals surface area contributed by atoms with E-state index in [1.807, 2.05) is 24.4 Å². The highest BCUT2D eigenvalue weighted by molar-refractivity contribution is 5.57. The Kier molecular flexibility index (Phi) is 3.94. The number of hydrogen-bond acceptors (Lipinski definition) is 2. The van der Waals surface area contributed by atoms with E-state index in [0.717, 1.165) is 24.5 Å². The molecule has 1 aromatic heterocycles. The normalized spacial score (nSPS) is 12.6. The lowest BCUT2D eigenvalue weighted by Gasteiger charge is -2.08. The predicted octanol–water partition coefficient (Wildman–Crippen LogP) is 2.96. The van der Waals surface area contributed by atoms with E-state index in [1.165, 1.54) is 5.56 Å². The van der Waals surface area contributed by atoms with Crippen LogP contribution in [0.15, 0.2) is 36.5 Å². The van der Waals surface area contributed by atoms with Crippen LogP contribution < -0.4 is 5.32 Å². The van der Waals surface area contributed by atoms with E-state index < -0.39 is 0 Å². The lowest BCUT2D eigenvalue weighted by Crippen LogP contribution is -2.24. The average Bonchev–Trinajstić information content (AvgIpc) is 2.86. The van der Waals surface area contributed by atoms with Crippen LogP contribution in [0, 0.1) is 0 Å². The number of H-pyrrole nitrogens is 1. The van der Waals surface area contributed by atoms with Crippen molar-refractivity contribution in [3.8, 4) is 11.3 Å². The fraction of sp³-hybridized carbons (Fsp3) is 0.357. The fourth-order valence-corrected chi connectivity index (χ4v) is 1.63. The van der Waals surface area contributed by atoms with Crippen LogP contribution in [-0.4, -0.2) is 16.0 Å². The summed E-state index contributed by atoms with van der Waals surface area (Å²) in [5.74, 6) is 0.990. The molecule has 3 heteroatoms. The summed E-state index contributed by atoms with van der Waals surface area (Å²) in [5, 5.41) is 3.42. The molecule has 1 atom stereocenters. The van der Waals surface area contributed by atoms with Crippen LogP contribution in [0.2, 0.25) is 0 Å². The minimum atomic E-state index is 0.528. The number of rotatable bonds is 5. The Bertz CT molecular complexity index is 448. The summed E-state index contributed by atoms with van der Waals surface area (Å²) < 4.78 is 0. The summed E-state index contributed by atoms with van der Waals surface area (Å²) >= 11 is 0. The third-order valence-electron chi connectivity index (χ3n) is 2.94. The van der Waals surface area contributed by atoms with Gasteiger partial charge in [-0.3, -0.25) is 0 Å². The van der Waals surface area contributed by atoms with Crippen molar-refractivity contribution in [2.24, 2.45) is 0 Å². The molecule has 1 unspecified atom stereocenters. The second-order valence-electron chi connectivity index (χ2n) is 4.30. The molecule has 90 valence electrons. The lowest BCUT2D eigenvalue weighted by molar-refractivity contribution is 0.525. The maximum Gasteiger partial charge on any atom is 0.120 e. The molecular formula is C14H19N3. The number of imidazole rings is 1. The van der Waals surface area contributed by atoms with E-state index in [9.17, 15) is 0 Å². The van der Waals surface area contributed by atoms with Gasteiger partial charge in [0.15, 0.2) is 0 Å².